The highest BCUT2D eigenvalue weighted by Crippen LogP contribution is 2.39. The standard InChI is InChI=1S/C23H21NO4/c1-2-24-19-8-4-3-7-16(19)17-13-15(9-10-20(17)24)14-18-21(25)27-23(28-22(18)26)11-5-6-12-23/h3-4,7-10,13-14H,2,5-6,11-12H2,1H3. The summed E-state index contributed by atoms with van der Waals surface area (Å²) in [6.45, 7) is 2.99. The lowest BCUT2D eigenvalue weighted by Crippen LogP contribution is -2.44. The first-order valence-electron chi connectivity index (χ1n) is 9.80. The number of hydrogen-bond donors (Lipinski definition) is 0. The Morgan fingerprint density at radius 1 is 0.964 bits per heavy atom. The molecule has 0 N–H and O–H groups in total. The van der Waals surface area contributed by atoms with E-state index in [1.807, 2.05) is 30.3 Å². The molecule has 1 saturated heterocycles. The normalized spacial score (nSPS) is 18.7. The van der Waals surface area contributed by atoms with Crippen LogP contribution in [0.1, 0.15) is 38.2 Å². The van der Waals surface area contributed by atoms with Gasteiger partial charge in [-0.05, 0) is 49.6 Å². The van der Waals surface area contributed by atoms with Crippen molar-refractivity contribution in [3.8, 4) is 0 Å². The number of hydrogen-bond acceptors (Lipinski definition) is 4. The van der Waals surface area contributed by atoms with Crippen LogP contribution in [-0.2, 0) is 25.6 Å². The molecule has 1 saturated carbocycles. The quantitative estimate of drug-likeness (QED) is 0.374. The predicted molar refractivity (Wildman–Crippen MR) is 106 cm³/mol. The first kappa shape index (κ1) is 17.0. The molecule has 5 heteroatoms. The molecule has 1 aliphatic heterocycles. The molecule has 2 aromatic carbocycles. The fourth-order valence-corrected chi connectivity index (χ4v) is 4.46. The smallest absolute Gasteiger partial charge is 0.348 e. The Morgan fingerprint density at radius 2 is 1.64 bits per heavy atom. The third-order valence-corrected chi connectivity index (χ3v) is 5.79. The van der Waals surface area contributed by atoms with E-state index in [0.29, 0.717) is 12.8 Å². The lowest BCUT2D eigenvalue weighted by Gasteiger charge is -2.32. The Labute approximate surface area is 162 Å². The van der Waals surface area contributed by atoms with E-state index in [-0.39, 0.29) is 5.57 Å². The second kappa shape index (κ2) is 6.23. The molecule has 142 valence electrons. The summed E-state index contributed by atoms with van der Waals surface area (Å²) in [5, 5.41) is 2.25. The highest BCUT2D eigenvalue weighted by Gasteiger charge is 2.47. The van der Waals surface area contributed by atoms with Crippen molar-refractivity contribution in [3.63, 3.8) is 0 Å². The topological polar surface area (TPSA) is 57.5 Å². The fourth-order valence-electron chi connectivity index (χ4n) is 4.46. The highest BCUT2D eigenvalue weighted by molar-refractivity contribution is 6.19. The number of benzene rings is 2. The van der Waals surface area contributed by atoms with Crippen LogP contribution in [0.25, 0.3) is 27.9 Å². The molecule has 0 radical (unpaired) electrons. The van der Waals surface area contributed by atoms with E-state index in [1.54, 1.807) is 6.08 Å². The van der Waals surface area contributed by atoms with Crippen LogP contribution in [0.15, 0.2) is 48.0 Å². The number of rotatable bonds is 2. The van der Waals surface area contributed by atoms with Gasteiger partial charge in [0.25, 0.3) is 5.79 Å². The fraction of sp³-hybridized carbons (Fsp3) is 0.304. The first-order valence-corrected chi connectivity index (χ1v) is 9.80. The summed E-state index contributed by atoms with van der Waals surface area (Å²) in [5.74, 6) is -2.22. The Kier molecular flexibility index (Phi) is 3.79. The van der Waals surface area contributed by atoms with E-state index in [0.717, 1.165) is 41.2 Å². The van der Waals surface area contributed by atoms with Crippen molar-refractivity contribution in [2.24, 2.45) is 0 Å². The van der Waals surface area contributed by atoms with Crippen molar-refractivity contribution in [1.29, 1.82) is 0 Å². The lowest BCUT2D eigenvalue weighted by atomic mass is 10.1. The van der Waals surface area contributed by atoms with E-state index in [4.69, 9.17) is 9.47 Å². The number of ether oxygens (including phenoxy) is 2. The summed E-state index contributed by atoms with van der Waals surface area (Å²) in [4.78, 5) is 25.0. The van der Waals surface area contributed by atoms with Crippen molar-refractivity contribution in [2.45, 2.75) is 44.9 Å². The summed E-state index contributed by atoms with van der Waals surface area (Å²) in [7, 11) is 0. The molecule has 28 heavy (non-hydrogen) atoms. The Morgan fingerprint density at radius 3 is 2.36 bits per heavy atom. The zero-order valence-corrected chi connectivity index (χ0v) is 15.7. The number of aromatic nitrogens is 1. The van der Waals surface area contributed by atoms with Crippen LogP contribution in [0.2, 0.25) is 0 Å². The zero-order chi connectivity index (χ0) is 19.3. The molecule has 0 atom stereocenters. The molecule has 3 aromatic rings. The van der Waals surface area contributed by atoms with Gasteiger partial charge in [0.1, 0.15) is 5.57 Å². The summed E-state index contributed by atoms with van der Waals surface area (Å²) >= 11 is 0. The third kappa shape index (κ3) is 2.53. The molecule has 2 heterocycles. The average Bonchev–Trinajstić information content (AvgIpc) is 3.26. The van der Waals surface area contributed by atoms with Crippen molar-refractivity contribution in [1.82, 2.24) is 4.57 Å². The second-order valence-corrected chi connectivity index (χ2v) is 7.49. The van der Waals surface area contributed by atoms with Crippen LogP contribution in [0, 0.1) is 0 Å². The van der Waals surface area contributed by atoms with E-state index in [2.05, 4.69) is 23.6 Å². The predicted octanol–water partition coefficient (Wildman–Crippen LogP) is 4.57. The van der Waals surface area contributed by atoms with Gasteiger partial charge in [-0.1, -0.05) is 24.3 Å². The lowest BCUT2D eigenvalue weighted by molar-refractivity contribution is -0.232. The molecule has 1 aromatic heterocycles. The van der Waals surface area contributed by atoms with Crippen molar-refractivity contribution in [3.05, 3.63) is 53.6 Å². The largest absolute Gasteiger partial charge is 0.419 e. The SMILES string of the molecule is CCn1c2ccccc2c2cc(C=C3C(=O)OC4(CCCC4)OC3=O)ccc21. The van der Waals surface area contributed by atoms with Gasteiger partial charge in [-0.3, -0.25) is 0 Å². The van der Waals surface area contributed by atoms with Gasteiger partial charge < -0.3 is 14.0 Å². The van der Waals surface area contributed by atoms with Crippen LogP contribution in [0.5, 0.6) is 0 Å². The van der Waals surface area contributed by atoms with E-state index < -0.39 is 17.7 Å². The van der Waals surface area contributed by atoms with Crippen LogP contribution in [-0.4, -0.2) is 22.3 Å². The molecule has 5 nitrogen and oxygen atoms in total. The van der Waals surface area contributed by atoms with Crippen LogP contribution in [0.4, 0.5) is 0 Å². The van der Waals surface area contributed by atoms with Crippen molar-refractivity contribution < 1.29 is 19.1 Å². The maximum Gasteiger partial charge on any atom is 0.348 e. The Balaban J connectivity index is 1.57. The zero-order valence-electron chi connectivity index (χ0n) is 15.7. The minimum Gasteiger partial charge on any atom is -0.419 e. The maximum absolute atomic E-state index is 12.5. The number of carbonyl (C=O) groups is 2. The summed E-state index contributed by atoms with van der Waals surface area (Å²) in [6, 6.07) is 14.2. The number of esters is 2. The van der Waals surface area contributed by atoms with Gasteiger partial charge in [0, 0.05) is 41.2 Å². The Hall–Kier alpha value is -3.08. The van der Waals surface area contributed by atoms with Gasteiger partial charge in [0.2, 0.25) is 0 Å². The van der Waals surface area contributed by atoms with Crippen molar-refractivity contribution in [2.75, 3.05) is 0 Å². The highest BCUT2D eigenvalue weighted by atomic mass is 16.7. The van der Waals surface area contributed by atoms with E-state index in [1.165, 1.54) is 5.52 Å². The number of nitrogens with zero attached hydrogens (tertiary/aromatic N) is 1. The summed E-state index contributed by atoms with van der Waals surface area (Å²) < 4.78 is 13.3. The summed E-state index contributed by atoms with van der Waals surface area (Å²) in [6.07, 6.45) is 4.54. The van der Waals surface area contributed by atoms with Gasteiger partial charge in [0.15, 0.2) is 0 Å². The van der Waals surface area contributed by atoms with Crippen LogP contribution < -0.4 is 0 Å². The number of fused-ring (bicyclic) bond motifs is 3. The first-order chi connectivity index (χ1) is 13.6. The number of para-hydroxylation sites is 1. The molecule has 2 fully saturated rings. The maximum atomic E-state index is 12.5. The average molecular weight is 375 g/mol. The molecule has 1 aliphatic carbocycles. The van der Waals surface area contributed by atoms with E-state index >= 15 is 0 Å². The monoisotopic (exact) mass is 375 g/mol. The molecule has 5 rings (SSSR count). The molecule has 2 aliphatic rings. The molecule has 0 bridgehead atoms. The van der Waals surface area contributed by atoms with Crippen molar-refractivity contribution >= 4 is 39.8 Å². The van der Waals surface area contributed by atoms with Gasteiger partial charge in [-0.15, -0.1) is 0 Å². The molecule has 0 amide bonds. The number of carbonyl (C=O) groups excluding carboxylic acids is 2. The van der Waals surface area contributed by atoms with Gasteiger partial charge in [0.05, 0.1) is 0 Å². The van der Waals surface area contributed by atoms with Gasteiger partial charge >= 0.3 is 11.9 Å². The summed E-state index contributed by atoms with van der Waals surface area (Å²) in [5.41, 5.74) is 3.03. The second-order valence-electron chi connectivity index (χ2n) is 7.49. The third-order valence-electron chi connectivity index (χ3n) is 5.79. The molecular formula is C23H21NO4. The number of aryl methyl sites for hydroxylation is 1. The van der Waals surface area contributed by atoms with E-state index in [9.17, 15) is 9.59 Å². The minimum absolute atomic E-state index is 0.0453. The Bertz CT molecular complexity index is 1130. The molecular weight excluding hydrogens is 354 g/mol. The van der Waals surface area contributed by atoms with Gasteiger partial charge in [-0.2, -0.15) is 0 Å². The van der Waals surface area contributed by atoms with Crippen LogP contribution >= 0.6 is 0 Å². The molecule has 0 unspecified atom stereocenters. The van der Waals surface area contributed by atoms with Crippen LogP contribution in [0.3, 0.4) is 0 Å². The molecule has 1 spiro atoms. The van der Waals surface area contributed by atoms with Gasteiger partial charge in [-0.25, -0.2) is 9.59 Å². The minimum atomic E-state index is -1.04.